The zero-order chi connectivity index (χ0) is 20.0. The maximum Gasteiger partial charge on any atom is 0.269 e. The Kier molecular flexibility index (Phi) is 7.09. The Morgan fingerprint density at radius 3 is 2.44 bits per heavy atom. The third kappa shape index (κ3) is 7.10. The quantitative estimate of drug-likeness (QED) is 0.460. The molecule has 1 aliphatic heterocycles. The topological polar surface area (TPSA) is 90.8 Å². The lowest BCUT2D eigenvalue weighted by atomic mass is 10.1. The summed E-state index contributed by atoms with van der Waals surface area (Å²) in [6, 6.07) is 6.18. The summed E-state index contributed by atoms with van der Waals surface area (Å²) < 4.78 is 0. The number of carbonyl (C=O) groups is 1. The van der Waals surface area contributed by atoms with E-state index in [-0.39, 0.29) is 17.1 Å². The van der Waals surface area contributed by atoms with Gasteiger partial charge >= 0.3 is 0 Å². The van der Waals surface area contributed by atoms with Gasteiger partial charge in [0.25, 0.3) is 5.69 Å². The molecule has 0 atom stereocenters. The molecule has 1 aromatic rings. The molecule has 0 bridgehead atoms. The van der Waals surface area contributed by atoms with Crippen molar-refractivity contribution >= 4 is 34.6 Å². The van der Waals surface area contributed by atoms with Gasteiger partial charge in [0.15, 0.2) is 5.11 Å². The van der Waals surface area contributed by atoms with Crippen LogP contribution in [0.15, 0.2) is 24.3 Å². The van der Waals surface area contributed by atoms with Crippen LogP contribution in [-0.2, 0) is 4.79 Å². The number of rotatable bonds is 4. The van der Waals surface area contributed by atoms with Gasteiger partial charge in [-0.2, -0.15) is 0 Å². The molecule has 0 unspecified atom stereocenters. The Morgan fingerprint density at radius 2 is 1.85 bits per heavy atom. The number of anilines is 1. The van der Waals surface area contributed by atoms with E-state index in [1.807, 2.05) is 20.8 Å². The molecular weight excluding hydrogens is 366 g/mol. The predicted octanol–water partition coefficient (Wildman–Crippen LogP) is 2.21. The van der Waals surface area contributed by atoms with Gasteiger partial charge in [-0.1, -0.05) is 0 Å². The summed E-state index contributed by atoms with van der Waals surface area (Å²) in [7, 11) is 0. The maximum atomic E-state index is 12.1. The fourth-order valence-electron chi connectivity index (χ4n) is 2.86. The Hall–Kier alpha value is -2.26. The second kappa shape index (κ2) is 9.09. The van der Waals surface area contributed by atoms with E-state index in [1.54, 1.807) is 12.1 Å². The zero-order valence-electron chi connectivity index (χ0n) is 16.0. The van der Waals surface area contributed by atoms with E-state index >= 15 is 0 Å². The fourth-order valence-corrected chi connectivity index (χ4v) is 3.16. The number of amides is 1. The summed E-state index contributed by atoms with van der Waals surface area (Å²) in [4.78, 5) is 26.6. The minimum Gasteiger partial charge on any atom is -0.350 e. The second-order valence-corrected chi connectivity index (χ2v) is 8.04. The van der Waals surface area contributed by atoms with Gasteiger partial charge in [-0.15, -0.1) is 0 Å². The molecule has 1 aromatic carbocycles. The van der Waals surface area contributed by atoms with Crippen molar-refractivity contribution in [1.29, 1.82) is 0 Å². The van der Waals surface area contributed by atoms with Crippen LogP contribution in [0.4, 0.5) is 11.4 Å². The summed E-state index contributed by atoms with van der Waals surface area (Å²) in [6.07, 6.45) is 0.908. The SMILES string of the molecule is CC(C)(C)NC(=O)CN1CCCN(C(=S)Nc2ccc([N+](=O)[O-])cc2)CC1. The number of nitro groups is 1. The first-order chi connectivity index (χ1) is 12.6. The van der Waals surface area contributed by atoms with Crippen LogP contribution in [-0.4, -0.2) is 64.0 Å². The van der Waals surface area contributed by atoms with Gasteiger partial charge in [-0.05, 0) is 51.5 Å². The van der Waals surface area contributed by atoms with Gasteiger partial charge in [0.05, 0.1) is 11.5 Å². The Bertz CT molecular complexity index is 687. The third-order valence-electron chi connectivity index (χ3n) is 4.09. The highest BCUT2D eigenvalue weighted by atomic mass is 32.1. The monoisotopic (exact) mass is 393 g/mol. The zero-order valence-corrected chi connectivity index (χ0v) is 16.8. The largest absolute Gasteiger partial charge is 0.350 e. The standard InChI is InChI=1S/C18H27N5O3S/c1-18(2,3)20-16(24)13-21-9-4-10-22(12-11-21)17(27)19-14-5-7-15(8-6-14)23(25)26/h5-8H,4,9-13H2,1-3H3,(H,19,27)(H,20,24). The fraction of sp³-hybridized carbons (Fsp3) is 0.556. The molecule has 2 N–H and O–H groups in total. The lowest BCUT2D eigenvalue weighted by Crippen LogP contribution is -2.46. The number of carbonyl (C=O) groups excluding carboxylic acids is 1. The highest BCUT2D eigenvalue weighted by molar-refractivity contribution is 7.80. The van der Waals surface area contributed by atoms with Gasteiger partial charge in [0, 0.05) is 49.5 Å². The van der Waals surface area contributed by atoms with Crippen molar-refractivity contribution in [1.82, 2.24) is 15.1 Å². The van der Waals surface area contributed by atoms with E-state index in [0.29, 0.717) is 11.7 Å². The molecule has 0 aliphatic carbocycles. The smallest absolute Gasteiger partial charge is 0.269 e. The number of hydrogen-bond acceptors (Lipinski definition) is 5. The van der Waals surface area contributed by atoms with Crippen molar-refractivity contribution in [2.24, 2.45) is 0 Å². The molecule has 9 heteroatoms. The molecule has 1 amide bonds. The average molecular weight is 394 g/mol. The van der Waals surface area contributed by atoms with Gasteiger partial charge in [0.2, 0.25) is 5.91 Å². The van der Waals surface area contributed by atoms with Crippen LogP contribution in [0.3, 0.4) is 0 Å². The predicted molar refractivity (Wildman–Crippen MR) is 110 cm³/mol. The lowest BCUT2D eigenvalue weighted by molar-refractivity contribution is -0.384. The molecule has 0 radical (unpaired) electrons. The molecule has 8 nitrogen and oxygen atoms in total. The molecule has 148 valence electrons. The van der Waals surface area contributed by atoms with Gasteiger partial charge in [-0.3, -0.25) is 19.8 Å². The van der Waals surface area contributed by atoms with Crippen molar-refractivity contribution in [2.75, 3.05) is 38.0 Å². The number of nitro benzene ring substituents is 1. The van der Waals surface area contributed by atoms with Gasteiger partial charge in [0.1, 0.15) is 0 Å². The molecule has 0 spiro atoms. The van der Waals surface area contributed by atoms with Gasteiger partial charge < -0.3 is 15.5 Å². The molecule has 0 aromatic heterocycles. The molecule has 2 rings (SSSR count). The van der Waals surface area contributed by atoms with Crippen molar-refractivity contribution in [3.05, 3.63) is 34.4 Å². The minimum absolute atomic E-state index is 0.0301. The van der Waals surface area contributed by atoms with Crippen LogP contribution in [0.25, 0.3) is 0 Å². The van der Waals surface area contributed by atoms with Crippen molar-refractivity contribution < 1.29 is 9.72 Å². The van der Waals surface area contributed by atoms with Crippen molar-refractivity contribution in [2.45, 2.75) is 32.7 Å². The third-order valence-corrected chi connectivity index (χ3v) is 4.45. The lowest BCUT2D eigenvalue weighted by Gasteiger charge is -2.26. The maximum absolute atomic E-state index is 12.1. The number of hydrogen-bond donors (Lipinski definition) is 2. The molecule has 1 saturated heterocycles. The van der Waals surface area contributed by atoms with E-state index in [2.05, 4.69) is 20.4 Å². The summed E-state index contributed by atoms with van der Waals surface area (Å²) >= 11 is 5.48. The van der Waals surface area contributed by atoms with Crippen LogP contribution >= 0.6 is 12.2 Å². The summed E-state index contributed by atoms with van der Waals surface area (Å²) in [6.45, 7) is 9.41. The van der Waals surface area contributed by atoms with Crippen LogP contribution < -0.4 is 10.6 Å². The Morgan fingerprint density at radius 1 is 1.19 bits per heavy atom. The van der Waals surface area contributed by atoms with E-state index in [0.717, 1.165) is 38.3 Å². The van der Waals surface area contributed by atoms with E-state index in [9.17, 15) is 14.9 Å². The van der Waals surface area contributed by atoms with Crippen molar-refractivity contribution in [3.63, 3.8) is 0 Å². The highest BCUT2D eigenvalue weighted by Gasteiger charge is 2.21. The molecule has 1 heterocycles. The van der Waals surface area contributed by atoms with E-state index in [4.69, 9.17) is 12.2 Å². The summed E-state index contributed by atoms with van der Waals surface area (Å²) in [5.41, 5.74) is 0.534. The molecule has 0 saturated carbocycles. The number of benzene rings is 1. The van der Waals surface area contributed by atoms with Gasteiger partial charge in [-0.25, -0.2) is 0 Å². The van der Waals surface area contributed by atoms with Crippen LogP contribution in [0.5, 0.6) is 0 Å². The van der Waals surface area contributed by atoms with Crippen LogP contribution in [0.1, 0.15) is 27.2 Å². The first-order valence-electron chi connectivity index (χ1n) is 8.98. The highest BCUT2D eigenvalue weighted by Crippen LogP contribution is 2.16. The van der Waals surface area contributed by atoms with Crippen LogP contribution in [0, 0.1) is 10.1 Å². The number of non-ortho nitro benzene ring substituents is 1. The number of nitrogens with one attached hydrogen (secondary N) is 2. The molecule has 1 fully saturated rings. The van der Waals surface area contributed by atoms with Crippen molar-refractivity contribution in [3.8, 4) is 0 Å². The van der Waals surface area contributed by atoms with E-state index in [1.165, 1.54) is 12.1 Å². The Labute approximate surface area is 165 Å². The average Bonchev–Trinajstić information content (AvgIpc) is 2.79. The molecule has 27 heavy (non-hydrogen) atoms. The summed E-state index contributed by atoms with van der Waals surface area (Å²) in [5.74, 6) is 0.0301. The van der Waals surface area contributed by atoms with E-state index < -0.39 is 4.92 Å². The number of thiocarbonyl (C=S) groups is 1. The Balaban J connectivity index is 1.85. The van der Waals surface area contributed by atoms with Crippen LogP contribution in [0.2, 0.25) is 0 Å². The molecule has 1 aliphatic rings. The molecular formula is C18H27N5O3S. The first kappa shape index (κ1) is 21.0. The second-order valence-electron chi connectivity index (χ2n) is 7.65. The normalized spacial score (nSPS) is 15.7. The number of nitrogens with zero attached hydrogens (tertiary/aromatic N) is 3. The first-order valence-corrected chi connectivity index (χ1v) is 9.38. The summed E-state index contributed by atoms with van der Waals surface area (Å²) in [5, 5.41) is 17.4. The minimum atomic E-state index is -0.429.